The van der Waals surface area contributed by atoms with Crippen molar-refractivity contribution < 1.29 is 41.3 Å². The van der Waals surface area contributed by atoms with Crippen molar-refractivity contribution in [1.29, 1.82) is 0 Å². The Balaban J connectivity index is 1.49. The Kier molecular flexibility index (Phi) is 8.36. The molecule has 0 bridgehead atoms. The molecule has 0 radical (unpaired) electrons. The number of rotatable bonds is 8. The topological polar surface area (TPSA) is 111 Å². The third-order valence-corrected chi connectivity index (χ3v) is 8.70. The molecule has 1 fully saturated rings. The van der Waals surface area contributed by atoms with E-state index in [2.05, 4.69) is 5.32 Å². The van der Waals surface area contributed by atoms with Crippen LogP contribution in [0.4, 0.5) is 23.2 Å². The highest BCUT2D eigenvalue weighted by atomic mass is 32.2. The molecule has 13 heteroatoms. The largest absolute Gasteiger partial charge is 0.474 e. The summed E-state index contributed by atoms with van der Waals surface area (Å²) in [5, 5.41) is 25.6. The Bertz CT molecular complexity index is 1270. The fourth-order valence-corrected chi connectivity index (χ4v) is 6.61. The number of aliphatic hydroxyl groups is 1. The summed E-state index contributed by atoms with van der Waals surface area (Å²) in [6, 6.07) is 7.22. The molecule has 8 nitrogen and oxygen atoms in total. The van der Waals surface area contributed by atoms with Crippen molar-refractivity contribution in [3.05, 3.63) is 68.5 Å². The van der Waals surface area contributed by atoms with E-state index in [1.807, 2.05) is 32.0 Å². The normalized spacial score (nSPS) is 25.2. The average Bonchev–Trinajstić information content (AvgIpc) is 3.13. The van der Waals surface area contributed by atoms with Crippen molar-refractivity contribution in [2.45, 2.75) is 70.4 Å². The first kappa shape index (κ1) is 29.4. The molecule has 0 aliphatic carbocycles. The molecule has 2 aromatic carbocycles. The molecule has 0 spiro atoms. The molecule has 2 heterocycles. The minimum atomic E-state index is -4.82. The number of halogens is 4. The third kappa shape index (κ3) is 6.59. The molecule has 39 heavy (non-hydrogen) atoms. The molecule has 2 aliphatic rings. The average molecular weight is 575 g/mol. The first-order valence-corrected chi connectivity index (χ1v) is 13.9. The van der Waals surface area contributed by atoms with Crippen molar-refractivity contribution in [2.75, 3.05) is 11.5 Å². The standard InChI is InChI=1S/C26H30F4N2O6S/c1-14(26(28,29)30)38-22-9-16(8-20(27)23(22)32(34)35)6-18-12-39(36)13-21(24(18)33)31-10-15-4-5-17-11-37-25(2,3)19(17)7-15/h4-5,7-9,14,18,21,24,31,33H,6,10-13H2,1-3H3/t14-,18+,21-,24-,39+/m0/s1. The summed E-state index contributed by atoms with van der Waals surface area (Å²) in [4.78, 5) is 10.2. The van der Waals surface area contributed by atoms with Crippen molar-refractivity contribution in [3.63, 3.8) is 0 Å². The van der Waals surface area contributed by atoms with Crippen LogP contribution in [-0.4, -0.2) is 50.2 Å². The van der Waals surface area contributed by atoms with E-state index < -0.39 is 68.9 Å². The van der Waals surface area contributed by atoms with E-state index in [0.717, 1.165) is 28.8 Å². The number of nitrogens with one attached hydrogen (secondary N) is 1. The van der Waals surface area contributed by atoms with Gasteiger partial charge in [-0.05, 0) is 61.6 Å². The van der Waals surface area contributed by atoms with Crippen LogP contribution in [0.5, 0.6) is 5.75 Å². The molecule has 0 unspecified atom stereocenters. The highest BCUT2D eigenvalue weighted by Crippen LogP contribution is 2.37. The molecule has 0 aromatic heterocycles. The second-order valence-corrected chi connectivity index (χ2v) is 12.0. The van der Waals surface area contributed by atoms with E-state index in [1.165, 1.54) is 0 Å². The SMILES string of the molecule is C[C@H](Oc1cc(C[C@@H]2C[S@@](=O)C[C@H](NCc3ccc4c(c3)C(C)(C)OC4)[C@H]2O)cc(F)c1[N+](=O)[O-])C(F)(F)F. The molecule has 0 amide bonds. The number of ether oxygens (including phenoxy) is 2. The maximum absolute atomic E-state index is 14.6. The Morgan fingerprint density at radius 2 is 1.97 bits per heavy atom. The summed E-state index contributed by atoms with van der Waals surface area (Å²) >= 11 is 0. The van der Waals surface area contributed by atoms with Gasteiger partial charge in [-0.1, -0.05) is 18.2 Å². The van der Waals surface area contributed by atoms with Crippen LogP contribution in [-0.2, 0) is 40.7 Å². The van der Waals surface area contributed by atoms with Crippen LogP contribution in [0.1, 0.15) is 43.0 Å². The lowest BCUT2D eigenvalue weighted by atomic mass is 9.90. The van der Waals surface area contributed by atoms with Crippen molar-refractivity contribution >= 4 is 16.5 Å². The Morgan fingerprint density at radius 3 is 2.64 bits per heavy atom. The number of benzene rings is 2. The molecule has 2 aromatic rings. The molecular formula is C26H30F4N2O6S. The number of hydrogen-bond donors (Lipinski definition) is 2. The van der Waals surface area contributed by atoms with Gasteiger partial charge in [0.25, 0.3) is 0 Å². The van der Waals surface area contributed by atoms with E-state index >= 15 is 0 Å². The summed E-state index contributed by atoms with van der Waals surface area (Å²) in [6.45, 7) is 5.54. The Hall–Kier alpha value is -2.61. The maximum Gasteiger partial charge on any atom is 0.425 e. The van der Waals surface area contributed by atoms with Gasteiger partial charge >= 0.3 is 11.9 Å². The minimum Gasteiger partial charge on any atom is -0.474 e. The van der Waals surface area contributed by atoms with E-state index in [-0.39, 0.29) is 23.5 Å². The number of fused-ring (bicyclic) bond motifs is 1. The van der Waals surface area contributed by atoms with Crippen LogP contribution in [0, 0.1) is 21.8 Å². The second-order valence-electron chi connectivity index (χ2n) is 10.5. The molecule has 0 saturated carbocycles. The molecule has 1 saturated heterocycles. The number of hydrogen-bond acceptors (Lipinski definition) is 7. The molecular weight excluding hydrogens is 544 g/mol. The van der Waals surface area contributed by atoms with Crippen LogP contribution >= 0.6 is 0 Å². The zero-order valence-corrected chi connectivity index (χ0v) is 22.4. The first-order valence-electron chi connectivity index (χ1n) is 12.4. The fourth-order valence-electron chi connectivity index (χ4n) is 4.97. The summed E-state index contributed by atoms with van der Waals surface area (Å²) in [7, 11) is -1.33. The van der Waals surface area contributed by atoms with Crippen LogP contribution in [0.25, 0.3) is 0 Å². The van der Waals surface area contributed by atoms with Gasteiger partial charge in [-0.2, -0.15) is 17.6 Å². The summed E-state index contributed by atoms with van der Waals surface area (Å²) in [5.74, 6) is -2.59. The lowest BCUT2D eigenvalue weighted by Gasteiger charge is -2.35. The van der Waals surface area contributed by atoms with Gasteiger partial charge in [0.05, 0.1) is 23.2 Å². The maximum atomic E-state index is 14.6. The van der Waals surface area contributed by atoms with Gasteiger partial charge in [0.1, 0.15) is 0 Å². The highest BCUT2D eigenvalue weighted by molar-refractivity contribution is 7.85. The van der Waals surface area contributed by atoms with Gasteiger partial charge in [0.2, 0.25) is 11.6 Å². The molecule has 2 aliphatic heterocycles. The van der Waals surface area contributed by atoms with Crippen LogP contribution < -0.4 is 10.1 Å². The van der Waals surface area contributed by atoms with E-state index in [1.54, 1.807) is 0 Å². The first-order chi connectivity index (χ1) is 18.2. The van der Waals surface area contributed by atoms with Crippen molar-refractivity contribution in [2.24, 2.45) is 5.92 Å². The molecule has 5 atom stereocenters. The number of nitro groups is 1. The number of nitro benzene ring substituents is 1. The predicted octanol–water partition coefficient (Wildman–Crippen LogP) is 4.27. The summed E-state index contributed by atoms with van der Waals surface area (Å²) in [6.07, 6.45) is -8.31. The van der Waals surface area contributed by atoms with Crippen LogP contribution in [0.2, 0.25) is 0 Å². The molecule has 2 N–H and O–H groups in total. The lowest BCUT2D eigenvalue weighted by molar-refractivity contribution is -0.389. The van der Waals surface area contributed by atoms with Gasteiger partial charge in [0.15, 0.2) is 6.10 Å². The van der Waals surface area contributed by atoms with Crippen LogP contribution in [0.3, 0.4) is 0 Å². The summed E-state index contributed by atoms with van der Waals surface area (Å²) in [5.41, 5.74) is 1.60. The van der Waals surface area contributed by atoms with Crippen molar-refractivity contribution in [1.82, 2.24) is 5.32 Å². The van der Waals surface area contributed by atoms with Crippen molar-refractivity contribution in [3.8, 4) is 5.75 Å². The smallest absolute Gasteiger partial charge is 0.425 e. The number of nitrogens with zero attached hydrogens (tertiary/aromatic N) is 1. The third-order valence-electron chi connectivity index (χ3n) is 7.17. The van der Waals surface area contributed by atoms with E-state index in [4.69, 9.17) is 9.47 Å². The van der Waals surface area contributed by atoms with Crippen LogP contribution in [0.15, 0.2) is 30.3 Å². The minimum absolute atomic E-state index is 0.0683. The Morgan fingerprint density at radius 1 is 1.26 bits per heavy atom. The number of alkyl halides is 3. The second kappa shape index (κ2) is 11.1. The highest BCUT2D eigenvalue weighted by Gasteiger charge is 2.40. The van der Waals surface area contributed by atoms with Gasteiger partial charge in [-0.3, -0.25) is 14.3 Å². The van der Waals surface area contributed by atoms with Gasteiger partial charge in [0, 0.05) is 40.8 Å². The van der Waals surface area contributed by atoms with E-state index in [9.17, 15) is 37.0 Å². The fraction of sp³-hybridized carbons (Fsp3) is 0.538. The lowest BCUT2D eigenvalue weighted by Crippen LogP contribution is -2.53. The Labute approximate surface area is 225 Å². The molecule has 214 valence electrons. The van der Waals surface area contributed by atoms with Gasteiger partial charge in [-0.15, -0.1) is 0 Å². The predicted molar refractivity (Wildman–Crippen MR) is 135 cm³/mol. The monoisotopic (exact) mass is 574 g/mol. The van der Waals surface area contributed by atoms with Gasteiger partial charge < -0.3 is 19.9 Å². The van der Waals surface area contributed by atoms with Gasteiger partial charge in [-0.25, -0.2) is 0 Å². The summed E-state index contributed by atoms with van der Waals surface area (Å²) < 4.78 is 76.8. The zero-order chi connectivity index (χ0) is 28.7. The quantitative estimate of drug-likeness (QED) is 0.275. The number of aliphatic hydroxyl groups excluding tert-OH is 1. The van der Waals surface area contributed by atoms with E-state index in [0.29, 0.717) is 20.1 Å². The molecule has 4 rings (SSSR count). The zero-order valence-electron chi connectivity index (χ0n) is 21.6.